The second-order valence-electron chi connectivity index (χ2n) is 5.98. The molecule has 0 spiro atoms. The van der Waals surface area contributed by atoms with Crippen LogP contribution in [-0.2, 0) is 0 Å². The summed E-state index contributed by atoms with van der Waals surface area (Å²) in [4.78, 5) is 17.4. The van der Waals surface area contributed by atoms with Crippen LogP contribution in [-0.4, -0.2) is 55.4 Å². The van der Waals surface area contributed by atoms with Gasteiger partial charge in [0.15, 0.2) is 5.78 Å². The standard InChI is InChI=1S/C18H22N2O/c1-14-7-8-15-5-3-4-6-16(15)18(14)17(21)13-20-11-9-19(2)10-12-20/h3-8H,9-13H2,1-2H3. The van der Waals surface area contributed by atoms with Crippen molar-refractivity contribution in [2.24, 2.45) is 0 Å². The van der Waals surface area contributed by atoms with E-state index in [2.05, 4.69) is 41.1 Å². The molecule has 21 heavy (non-hydrogen) atoms. The van der Waals surface area contributed by atoms with Gasteiger partial charge in [0.25, 0.3) is 0 Å². The fraction of sp³-hybridized carbons (Fsp3) is 0.389. The number of hydrogen-bond acceptors (Lipinski definition) is 3. The van der Waals surface area contributed by atoms with E-state index in [4.69, 9.17) is 0 Å². The third-order valence-electron chi connectivity index (χ3n) is 4.38. The van der Waals surface area contributed by atoms with Crippen molar-refractivity contribution in [3.8, 4) is 0 Å². The predicted octanol–water partition coefficient (Wildman–Crippen LogP) is 2.58. The second-order valence-corrected chi connectivity index (χ2v) is 5.98. The molecular weight excluding hydrogens is 260 g/mol. The van der Waals surface area contributed by atoms with E-state index >= 15 is 0 Å². The van der Waals surface area contributed by atoms with Crippen molar-refractivity contribution in [1.29, 1.82) is 0 Å². The molecule has 3 rings (SSSR count). The van der Waals surface area contributed by atoms with Gasteiger partial charge in [-0.3, -0.25) is 9.69 Å². The number of fused-ring (bicyclic) bond motifs is 1. The topological polar surface area (TPSA) is 23.6 Å². The normalized spacial score (nSPS) is 17.2. The molecule has 3 nitrogen and oxygen atoms in total. The number of benzene rings is 2. The maximum absolute atomic E-state index is 12.8. The van der Waals surface area contributed by atoms with Gasteiger partial charge in [-0.05, 0) is 30.3 Å². The van der Waals surface area contributed by atoms with E-state index in [1.54, 1.807) is 0 Å². The Kier molecular flexibility index (Phi) is 4.04. The summed E-state index contributed by atoms with van der Waals surface area (Å²) < 4.78 is 0. The first-order valence-corrected chi connectivity index (χ1v) is 7.57. The van der Waals surface area contributed by atoms with E-state index in [1.807, 2.05) is 19.1 Å². The van der Waals surface area contributed by atoms with Gasteiger partial charge < -0.3 is 4.90 Å². The Balaban J connectivity index is 1.86. The maximum atomic E-state index is 12.8. The van der Waals surface area contributed by atoms with Crippen LogP contribution in [0.2, 0.25) is 0 Å². The summed E-state index contributed by atoms with van der Waals surface area (Å²) in [5.41, 5.74) is 1.97. The maximum Gasteiger partial charge on any atom is 0.177 e. The summed E-state index contributed by atoms with van der Waals surface area (Å²) in [5.74, 6) is 0.244. The van der Waals surface area contributed by atoms with Crippen molar-refractivity contribution in [2.75, 3.05) is 39.8 Å². The molecule has 1 aliphatic rings. The monoisotopic (exact) mass is 282 g/mol. The Labute approximate surface area is 126 Å². The zero-order valence-electron chi connectivity index (χ0n) is 12.8. The van der Waals surface area contributed by atoms with E-state index in [0.29, 0.717) is 6.54 Å². The number of carbonyl (C=O) groups excluding carboxylic acids is 1. The number of aryl methyl sites for hydroxylation is 1. The Morgan fingerprint density at radius 2 is 1.76 bits per heavy atom. The SMILES string of the molecule is Cc1ccc2ccccc2c1C(=O)CN1CCN(C)CC1. The lowest BCUT2D eigenvalue weighted by Crippen LogP contribution is -2.46. The van der Waals surface area contributed by atoms with Gasteiger partial charge >= 0.3 is 0 Å². The number of piperazine rings is 1. The van der Waals surface area contributed by atoms with E-state index in [0.717, 1.165) is 48.1 Å². The van der Waals surface area contributed by atoms with E-state index in [-0.39, 0.29) is 5.78 Å². The predicted molar refractivity (Wildman–Crippen MR) is 87.0 cm³/mol. The average Bonchev–Trinajstić information content (AvgIpc) is 2.49. The molecule has 110 valence electrons. The fourth-order valence-electron chi connectivity index (χ4n) is 3.04. The molecule has 0 unspecified atom stereocenters. The van der Waals surface area contributed by atoms with Crippen LogP contribution in [0.5, 0.6) is 0 Å². The lowest BCUT2D eigenvalue weighted by Gasteiger charge is -2.32. The Hall–Kier alpha value is -1.71. The molecule has 0 amide bonds. The number of likely N-dealkylation sites (N-methyl/N-ethyl adjacent to an activating group) is 1. The van der Waals surface area contributed by atoms with Crippen molar-refractivity contribution in [3.05, 3.63) is 47.5 Å². The second kappa shape index (κ2) is 5.96. The van der Waals surface area contributed by atoms with Crippen molar-refractivity contribution in [2.45, 2.75) is 6.92 Å². The van der Waals surface area contributed by atoms with Gasteiger partial charge in [0.2, 0.25) is 0 Å². The molecule has 1 saturated heterocycles. The van der Waals surface area contributed by atoms with Crippen LogP contribution in [0.1, 0.15) is 15.9 Å². The smallest absolute Gasteiger partial charge is 0.177 e. The number of carbonyl (C=O) groups is 1. The number of hydrogen-bond donors (Lipinski definition) is 0. The Morgan fingerprint density at radius 3 is 2.52 bits per heavy atom. The molecule has 0 radical (unpaired) electrons. The largest absolute Gasteiger partial charge is 0.304 e. The van der Waals surface area contributed by atoms with Gasteiger partial charge in [0.05, 0.1) is 6.54 Å². The molecule has 0 bridgehead atoms. The first-order chi connectivity index (χ1) is 10.1. The molecule has 1 aliphatic heterocycles. The minimum Gasteiger partial charge on any atom is -0.304 e. The van der Waals surface area contributed by atoms with Crippen LogP contribution in [0.25, 0.3) is 10.8 Å². The van der Waals surface area contributed by atoms with Crippen molar-refractivity contribution < 1.29 is 4.79 Å². The van der Waals surface area contributed by atoms with Gasteiger partial charge in [-0.15, -0.1) is 0 Å². The molecule has 0 aromatic heterocycles. The highest BCUT2D eigenvalue weighted by atomic mass is 16.1. The molecule has 2 aromatic rings. The highest BCUT2D eigenvalue weighted by molar-refractivity contribution is 6.10. The molecule has 1 heterocycles. The quantitative estimate of drug-likeness (QED) is 0.808. The summed E-state index contributed by atoms with van der Waals surface area (Å²) in [7, 11) is 2.13. The summed E-state index contributed by atoms with van der Waals surface area (Å²) in [6.07, 6.45) is 0. The van der Waals surface area contributed by atoms with Gasteiger partial charge in [0, 0.05) is 31.7 Å². The third kappa shape index (κ3) is 2.99. The number of rotatable bonds is 3. The van der Waals surface area contributed by atoms with Crippen molar-refractivity contribution in [3.63, 3.8) is 0 Å². The first-order valence-electron chi connectivity index (χ1n) is 7.57. The van der Waals surface area contributed by atoms with Crippen LogP contribution in [0.3, 0.4) is 0 Å². The third-order valence-corrected chi connectivity index (χ3v) is 4.38. The van der Waals surface area contributed by atoms with Gasteiger partial charge in [-0.1, -0.05) is 36.4 Å². The zero-order chi connectivity index (χ0) is 14.8. The van der Waals surface area contributed by atoms with Crippen LogP contribution in [0, 0.1) is 6.92 Å². The van der Waals surface area contributed by atoms with Crippen LogP contribution in [0.15, 0.2) is 36.4 Å². The summed E-state index contributed by atoms with van der Waals surface area (Å²) in [6.45, 7) is 6.61. The summed E-state index contributed by atoms with van der Waals surface area (Å²) in [5, 5.41) is 2.22. The highest BCUT2D eigenvalue weighted by Gasteiger charge is 2.19. The number of Topliss-reactive ketones (excluding diaryl/α,β-unsaturated/α-hetero) is 1. The first kappa shape index (κ1) is 14.2. The molecule has 0 saturated carbocycles. The lowest BCUT2D eigenvalue weighted by molar-refractivity contribution is 0.0877. The van der Waals surface area contributed by atoms with Crippen LogP contribution < -0.4 is 0 Å². The van der Waals surface area contributed by atoms with Crippen molar-refractivity contribution in [1.82, 2.24) is 9.80 Å². The number of nitrogens with zero attached hydrogens (tertiary/aromatic N) is 2. The van der Waals surface area contributed by atoms with Gasteiger partial charge in [-0.25, -0.2) is 0 Å². The fourth-order valence-corrected chi connectivity index (χ4v) is 3.04. The minimum atomic E-state index is 0.244. The summed E-state index contributed by atoms with van der Waals surface area (Å²) >= 11 is 0. The van der Waals surface area contributed by atoms with Gasteiger partial charge in [-0.2, -0.15) is 0 Å². The van der Waals surface area contributed by atoms with Crippen molar-refractivity contribution >= 4 is 16.6 Å². The highest BCUT2D eigenvalue weighted by Crippen LogP contribution is 2.23. The molecule has 0 aliphatic carbocycles. The summed E-state index contributed by atoms with van der Waals surface area (Å²) in [6, 6.07) is 12.3. The Morgan fingerprint density at radius 1 is 1.05 bits per heavy atom. The van der Waals surface area contributed by atoms with Crippen LogP contribution in [0.4, 0.5) is 0 Å². The van der Waals surface area contributed by atoms with E-state index in [9.17, 15) is 4.79 Å². The minimum absolute atomic E-state index is 0.244. The number of ketones is 1. The Bertz CT molecular complexity index is 657. The van der Waals surface area contributed by atoms with E-state index in [1.165, 1.54) is 0 Å². The molecule has 3 heteroatoms. The average molecular weight is 282 g/mol. The molecule has 2 aromatic carbocycles. The van der Waals surface area contributed by atoms with Gasteiger partial charge in [0.1, 0.15) is 0 Å². The van der Waals surface area contributed by atoms with E-state index < -0.39 is 0 Å². The molecule has 0 N–H and O–H groups in total. The van der Waals surface area contributed by atoms with Crippen LogP contribution >= 0.6 is 0 Å². The lowest BCUT2D eigenvalue weighted by atomic mass is 9.96. The molecular formula is C18H22N2O. The molecule has 1 fully saturated rings. The zero-order valence-corrected chi connectivity index (χ0v) is 12.8. The molecule has 0 atom stereocenters.